The van der Waals surface area contributed by atoms with E-state index in [0.717, 1.165) is 22.1 Å². The fourth-order valence-electron chi connectivity index (χ4n) is 5.66. The summed E-state index contributed by atoms with van der Waals surface area (Å²) < 4.78 is 6.04. The maximum absolute atomic E-state index is 13.9. The summed E-state index contributed by atoms with van der Waals surface area (Å²) in [5, 5.41) is 4.82. The minimum Gasteiger partial charge on any atom is -0.483 e. The van der Waals surface area contributed by atoms with Crippen LogP contribution in [0.15, 0.2) is 107 Å². The zero-order valence-electron chi connectivity index (χ0n) is 22.0. The second kappa shape index (κ2) is 10.6. The van der Waals surface area contributed by atoms with Gasteiger partial charge < -0.3 is 15.0 Å². The van der Waals surface area contributed by atoms with Crippen molar-refractivity contribution in [1.29, 1.82) is 0 Å². The lowest BCUT2D eigenvalue weighted by molar-refractivity contribution is -0.122. The number of nitrogens with zero attached hydrogens (tertiary/aromatic N) is 1. The molecule has 2 aliphatic heterocycles. The molecule has 1 fully saturated rings. The lowest BCUT2D eigenvalue weighted by Gasteiger charge is -2.30. The number of hydrogen-bond acceptors (Lipinski definition) is 7. The van der Waals surface area contributed by atoms with Crippen molar-refractivity contribution in [1.82, 2.24) is 4.98 Å². The average molecular weight is 594 g/mol. The molecule has 0 saturated carbocycles. The molecule has 0 aliphatic carbocycles. The summed E-state index contributed by atoms with van der Waals surface area (Å²) in [6, 6.07) is 29.6. The third-order valence-corrected chi connectivity index (χ3v) is 9.89. The van der Waals surface area contributed by atoms with Gasteiger partial charge in [-0.2, -0.15) is 0 Å². The molecular weight excluding hydrogens is 571 g/mol. The molecule has 3 atom stereocenters. The van der Waals surface area contributed by atoms with Crippen LogP contribution < -0.4 is 19.8 Å². The number of thiazole rings is 1. The minimum atomic E-state index is -0.752. The Balaban J connectivity index is 1.19. The lowest BCUT2D eigenvalue weighted by atomic mass is 9.82. The van der Waals surface area contributed by atoms with Crippen molar-refractivity contribution in [2.24, 2.45) is 5.92 Å². The molecule has 3 amide bonds. The number of aromatic amines is 1. The second-order valence-corrected chi connectivity index (χ2v) is 12.2. The molecule has 2 N–H and O–H groups in total. The zero-order chi connectivity index (χ0) is 28.8. The fourth-order valence-corrected chi connectivity index (χ4v) is 8.17. The van der Waals surface area contributed by atoms with E-state index in [1.807, 2.05) is 60.7 Å². The largest absolute Gasteiger partial charge is 0.483 e. The van der Waals surface area contributed by atoms with Crippen molar-refractivity contribution in [3.63, 3.8) is 0 Å². The third kappa shape index (κ3) is 4.58. The molecule has 2 aliphatic rings. The number of aromatic nitrogens is 1. The monoisotopic (exact) mass is 593 g/mol. The number of nitrogens with one attached hydrogen (secondary N) is 2. The average Bonchev–Trinajstić information content (AvgIpc) is 3.50. The summed E-state index contributed by atoms with van der Waals surface area (Å²) in [7, 11) is 0. The highest BCUT2D eigenvalue weighted by Crippen LogP contribution is 2.54. The maximum Gasteiger partial charge on any atom is 0.305 e. The third-order valence-electron chi connectivity index (χ3n) is 7.48. The summed E-state index contributed by atoms with van der Waals surface area (Å²) in [6.07, 6.45) is 0. The Morgan fingerprint density at radius 2 is 1.60 bits per heavy atom. The number of fused-ring (bicyclic) bond motifs is 3. The molecule has 5 aromatic rings. The number of ether oxygens (including phenoxy) is 1. The van der Waals surface area contributed by atoms with E-state index in [4.69, 9.17) is 4.74 Å². The summed E-state index contributed by atoms with van der Waals surface area (Å²) >= 11 is 2.25. The molecular formula is C32H23N3O5S2. The number of H-pyrrole nitrogens is 1. The molecule has 0 spiro atoms. The standard InChI is InChI=1S/C32H23N3O5S2/c36-24(33-20-15-14-18-8-4-5-9-19(18)16-20)17-40-23-13-7-6-12-22(23)25-26-28(41-29-27(25)42-32(39)34-29)31(38)35(30(26)37)21-10-2-1-3-11-21/h1-16,25-26,28H,17H2,(H,33,36)(H,34,39)/t25-,26?,28?/m1/s1. The summed E-state index contributed by atoms with van der Waals surface area (Å²) in [5.74, 6) is -1.95. The van der Waals surface area contributed by atoms with Crippen LogP contribution in [0.2, 0.25) is 0 Å². The molecule has 4 aromatic carbocycles. The molecule has 8 nitrogen and oxygen atoms in total. The fraction of sp³-hybridized carbons (Fsp3) is 0.125. The smallest absolute Gasteiger partial charge is 0.305 e. The molecule has 10 heteroatoms. The molecule has 0 bridgehead atoms. The van der Waals surface area contributed by atoms with Gasteiger partial charge in [0.2, 0.25) is 11.8 Å². The van der Waals surface area contributed by atoms with E-state index in [9.17, 15) is 19.2 Å². The Morgan fingerprint density at radius 1 is 0.857 bits per heavy atom. The minimum absolute atomic E-state index is 0.259. The number of thioether (sulfide) groups is 1. The van der Waals surface area contributed by atoms with Gasteiger partial charge in [0.15, 0.2) is 6.61 Å². The van der Waals surface area contributed by atoms with Crippen LogP contribution in [-0.2, 0) is 14.4 Å². The number of rotatable bonds is 6. The maximum atomic E-state index is 13.9. The molecule has 1 saturated heterocycles. The van der Waals surface area contributed by atoms with Gasteiger partial charge in [0.05, 0.1) is 16.6 Å². The number of carbonyl (C=O) groups is 3. The molecule has 208 valence electrons. The van der Waals surface area contributed by atoms with Gasteiger partial charge in [-0.1, -0.05) is 89.8 Å². The van der Waals surface area contributed by atoms with Crippen molar-refractivity contribution in [2.45, 2.75) is 16.2 Å². The van der Waals surface area contributed by atoms with E-state index < -0.39 is 17.1 Å². The predicted octanol–water partition coefficient (Wildman–Crippen LogP) is 5.40. The van der Waals surface area contributed by atoms with Gasteiger partial charge in [-0.25, -0.2) is 4.90 Å². The van der Waals surface area contributed by atoms with Crippen LogP contribution in [0.25, 0.3) is 10.8 Å². The van der Waals surface area contributed by atoms with Crippen LogP contribution >= 0.6 is 23.1 Å². The quantitative estimate of drug-likeness (QED) is 0.255. The second-order valence-electron chi connectivity index (χ2n) is 10.0. The number of benzene rings is 4. The number of anilines is 2. The van der Waals surface area contributed by atoms with E-state index in [-0.39, 0.29) is 29.2 Å². The topological polar surface area (TPSA) is 109 Å². The zero-order valence-corrected chi connectivity index (χ0v) is 23.6. The Kier molecular flexibility index (Phi) is 6.64. The highest BCUT2D eigenvalue weighted by Gasteiger charge is 2.56. The van der Waals surface area contributed by atoms with Crippen molar-refractivity contribution >= 4 is 63.0 Å². The number of hydrogen-bond donors (Lipinski definition) is 2. The summed E-state index contributed by atoms with van der Waals surface area (Å²) in [5.41, 5.74) is 1.80. The van der Waals surface area contributed by atoms with Crippen LogP contribution in [0.3, 0.4) is 0 Å². The molecule has 2 unspecified atom stereocenters. The normalized spacial score (nSPS) is 19.4. The van der Waals surface area contributed by atoms with Gasteiger partial charge in [0, 0.05) is 22.0 Å². The summed E-state index contributed by atoms with van der Waals surface area (Å²) in [6.45, 7) is -0.265. The van der Waals surface area contributed by atoms with Crippen molar-refractivity contribution in [3.05, 3.63) is 117 Å². The first-order valence-corrected chi connectivity index (χ1v) is 15.0. The first-order valence-electron chi connectivity index (χ1n) is 13.3. The Bertz CT molecular complexity index is 1920. The molecule has 0 radical (unpaired) electrons. The van der Waals surface area contributed by atoms with E-state index in [0.29, 0.717) is 32.6 Å². The number of amides is 3. The van der Waals surface area contributed by atoms with Crippen molar-refractivity contribution < 1.29 is 19.1 Å². The van der Waals surface area contributed by atoms with Crippen LogP contribution in [0, 0.1) is 5.92 Å². The van der Waals surface area contributed by atoms with Crippen LogP contribution in [0.4, 0.5) is 11.4 Å². The van der Waals surface area contributed by atoms with Crippen LogP contribution in [0.5, 0.6) is 5.75 Å². The van der Waals surface area contributed by atoms with Gasteiger partial charge in [-0.15, -0.1) is 0 Å². The van der Waals surface area contributed by atoms with E-state index in [2.05, 4.69) is 10.3 Å². The van der Waals surface area contributed by atoms with Crippen LogP contribution in [-0.4, -0.2) is 34.6 Å². The number of para-hydroxylation sites is 2. The predicted molar refractivity (Wildman–Crippen MR) is 163 cm³/mol. The Hall–Kier alpha value is -4.67. The number of carbonyl (C=O) groups excluding carboxylic acids is 3. The van der Waals surface area contributed by atoms with Gasteiger partial charge in [-0.3, -0.25) is 19.2 Å². The summed E-state index contributed by atoms with van der Waals surface area (Å²) in [4.78, 5) is 57.4. The molecule has 42 heavy (non-hydrogen) atoms. The Labute approximate surface area is 248 Å². The molecule has 3 heterocycles. The first kappa shape index (κ1) is 26.2. The van der Waals surface area contributed by atoms with Crippen molar-refractivity contribution in [2.75, 3.05) is 16.8 Å². The van der Waals surface area contributed by atoms with Crippen LogP contribution in [0.1, 0.15) is 16.4 Å². The Morgan fingerprint density at radius 3 is 2.43 bits per heavy atom. The van der Waals surface area contributed by atoms with Crippen molar-refractivity contribution in [3.8, 4) is 5.75 Å². The van der Waals surface area contributed by atoms with E-state index in [1.54, 1.807) is 36.4 Å². The van der Waals surface area contributed by atoms with Gasteiger partial charge in [0.1, 0.15) is 11.0 Å². The van der Waals surface area contributed by atoms with Gasteiger partial charge in [-0.05, 0) is 41.1 Å². The van der Waals surface area contributed by atoms with Gasteiger partial charge >= 0.3 is 4.87 Å². The van der Waals surface area contributed by atoms with Gasteiger partial charge in [0.25, 0.3) is 5.91 Å². The lowest BCUT2D eigenvalue weighted by Crippen LogP contribution is -2.32. The van der Waals surface area contributed by atoms with E-state index >= 15 is 0 Å². The van der Waals surface area contributed by atoms with E-state index in [1.165, 1.54) is 16.7 Å². The highest BCUT2D eigenvalue weighted by molar-refractivity contribution is 8.00. The molecule has 7 rings (SSSR count). The SMILES string of the molecule is O=C(COc1ccccc1[C@H]1c2sc(=O)[nH]c2SC2C(=O)N(c3ccccc3)C(=O)C21)Nc1ccc2ccccc2c1. The first-order chi connectivity index (χ1) is 20.5. The number of imide groups is 1. The highest BCUT2D eigenvalue weighted by atomic mass is 32.2. The molecule has 1 aromatic heterocycles.